The predicted octanol–water partition coefficient (Wildman–Crippen LogP) is 2.21. The summed E-state index contributed by atoms with van der Waals surface area (Å²) >= 11 is 0. The van der Waals surface area contributed by atoms with Gasteiger partial charge in [-0.1, -0.05) is 26.2 Å². The van der Waals surface area contributed by atoms with Crippen molar-refractivity contribution < 1.29 is 28.6 Å². The van der Waals surface area contributed by atoms with E-state index in [2.05, 4.69) is 17.6 Å². The van der Waals surface area contributed by atoms with E-state index in [-0.39, 0.29) is 31.5 Å². The minimum Gasteiger partial charge on any atom is -0.483 e. The first-order valence-electron chi connectivity index (χ1n) is 13.9. The third-order valence-electron chi connectivity index (χ3n) is 8.02. The van der Waals surface area contributed by atoms with Gasteiger partial charge in [0.25, 0.3) is 5.91 Å². The van der Waals surface area contributed by atoms with Gasteiger partial charge in [-0.05, 0) is 56.7 Å². The number of unbranched alkanes of at least 4 members (excludes halogenated alkanes) is 1. The topological polar surface area (TPSA) is 138 Å². The average Bonchev–Trinajstić information content (AvgIpc) is 2.92. The Balaban J connectivity index is 1.22. The quantitative estimate of drug-likeness (QED) is 0.392. The third kappa shape index (κ3) is 6.98. The van der Waals surface area contributed by atoms with E-state index in [4.69, 9.17) is 9.15 Å². The monoisotopic (exact) mass is 541 g/mol. The lowest BCUT2D eigenvalue weighted by molar-refractivity contribution is -0.143. The minimum atomic E-state index is -0.665. The molecule has 1 aliphatic heterocycles. The molecule has 2 unspecified atom stereocenters. The van der Waals surface area contributed by atoms with Crippen LogP contribution in [-0.4, -0.2) is 66.1 Å². The number of hydrogen-bond donors (Lipinski definition) is 3. The van der Waals surface area contributed by atoms with Crippen molar-refractivity contribution in [1.29, 1.82) is 0 Å². The Hall–Kier alpha value is -3.40. The number of aliphatic hydroxyl groups is 1. The molecule has 0 spiro atoms. The Labute approximate surface area is 228 Å². The zero-order valence-corrected chi connectivity index (χ0v) is 22.8. The van der Waals surface area contributed by atoms with Crippen molar-refractivity contribution in [3.63, 3.8) is 0 Å². The second kappa shape index (κ2) is 12.6. The highest BCUT2D eigenvalue weighted by atomic mass is 16.5. The van der Waals surface area contributed by atoms with Crippen LogP contribution in [0.1, 0.15) is 63.0 Å². The second-order valence-electron chi connectivity index (χ2n) is 10.7. The molecule has 10 nitrogen and oxygen atoms in total. The second-order valence-corrected chi connectivity index (χ2v) is 10.7. The number of ether oxygens (including phenoxy) is 1. The first-order chi connectivity index (χ1) is 18.7. The fourth-order valence-electron chi connectivity index (χ4n) is 5.66. The highest BCUT2D eigenvalue weighted by molar-refractivity contribution is 5.89. The Morgan fingerprint density at radius 2 is 1.95 bits per heavy atom. The Bertz CT molecular complexity index is 1270. The number of hydrogen-bond acceptors (Lipinski definition) is 7. The summed E-state index contributed by atoms with van der Waals surface area (Å²) in [7, 11) is 0. The lowest BCUT2D eigenvalue weighted by Gasteiger charge is -2.47. The highest BCUT2D eigenvalue weighted by Crippen LogP contribution is 2.39. The van der Waals surface area contributed by atoms with Crippen molar-refractivity contribution in [1.82, 2.24) is 15.5 Å². The van der Waals surface area contributed by atoms with Gasteiger partial charge >= 0.3 is 5.63 Å². The van der Waals surface area contributed by atoms with Gasteiger partial charge < -0.3 is 29.8 Å². The maximum Gasteiger partial charge on any atom is 0.336 e. The molecule has 1 aliphatic carbocycles. The summed E-state index contributed by atoms with van der Waals surface area (Å²) < 4.78 is 11.1. The van der Waals surface area contributed by atoms with E-state index in [9.17, 15) is 24.3 Å². The minimum absolute atomic E-state index is 0.0873. The van der Waals surface area contributed by atoms with Crippen LogP contribution in [0.15, 0.2) is 27.4 Å². The number of aryl methyl sites for hydroxylation is 2. The number of fused-ring (bicyclic) bond motifs is 2. The van der Waals surface area contributed by atoms with E-state index >= 15 is 0 Å². The standard InChI is InChI=1S/C29H39N3O7/c1-3-4-7-20-14-27(36)39-28-19(2)23(10-9-22(20)28)38-18-25(34)30-15-24(33)31-16-26(35)32-13-12-29(37)11-6-5-8-21(29)17-32/h9-10,14,21,37H,3-8,11-13,15-18H2,1-2H3,(H,30,34)(H,31,33). The van der Waals surface area contributed by atoms with E-state index in [1.807, 2.05) is 6.07 Å². The molecule has 2 aliphatic rings. The zero-order chi connectivity index (χ0) is 28.0. The molecule has 2 aromatic rings. The molecule has 212 valence electrons. The van der Waals surface area contributed by atoms with Gasteiger partial charge in [-0.2, -0.15) is 0 Å². The molecule has 10 heteroatoms. The SMILES string of the molecule is CCCCc1cc(=O)oc2c(C)c(OCC(=O)NCC(=O)NCC(=O)N3CCC4(O)CCCCC4C3)ccc12. The maximum absolute atomic E-state index is 12.6. The molecule has 2 heterocycles. The fourth-order valence-corrected chi connectivity index (χ4v) is 5.66. The van der Waals surface area contributed by atoms with Crippen molar-refractivity contribution in [2.24, 2.45) is 5.92 Å². The van der Waals surface area contributed by atoms with Crippen LogP contribution in [0.25, 0.3) is 11.0 Å². The third-order valence-corrected chi connectivity index (χ3v) is 8.02. The van der Waals surface area contributed by atoms with Gasteiger partial charge in [0.15, 0.2) is 6.61 Å². The molecule has 1 aromatic carbocycles. The first-order valence-corrected chi connectivity index (χ1v) is 13.9. The van der Waals surface area contributed by atoms with Crippen LogP contribution in [0.2, 0.25) is 0 Å². The van der Waals surface area contributed by atoms with Gasteiger partial charge in [-0.15, -0.1) is 0 Å². The summed E-state index contributed by atoms with van der Waals surface area (Å²) in [4.78, 5) is 50.8. The van der Waals surface area contributed by atoms with Crippen LogP contribution < -0.4 is 21.0 Å². The molecule has 3 N–H and O–H groups in total. The molecule has 0 bridgehead atoms. The predicted molar refractivity (Wildman–Crippen MR) is 145 cm³/mol. The number of carbonyl (C=O) groups excluding carboxylic acids is 3. The van der Waals surface area contributed by atoms with Crippen molar-refractivity contribution >= 4 is 28.7 Å². The van der Waals surface area contributed by atoms with E-state index in [1.54, 1.807) is 17.9 Å². The van der Waals surface area contributed by atoms with Crippen LogP contribution in [0.5, 0.6) is 5.75 Å². The highest BCUT2D eigenvalue weighted by Gasteiger charge is 2.43. The molecule has 2 atom stereocenters. The normalized spacial score (nSPS) is 20.8. The molecular formula is C29H39N3O7. The number of piperidine rings is 1. The van der Waals surface area contributed by atoms with Crippen LogP contribution in [0.3, 0.4) is 0 Å². The Morgan fingerprint density at radius 3 is 2.74 bits per heavy atom. The molecule has 1 saturated carbocycles. The Kier molecular flexibility index (Phi) is 9.27. The first kappa shape index (κ1) is 28.6. The zero-order valence-electron chi connectivity index (χ0n) is 22.8. The van der Waals surface area contributed by atoms with Gasteiger partial charge in [0.05, 0.1) is 18.7 Å². The molecule has 39 heavy (non-hydrogen) atoms. The van der Waals surface area contributed by atoms with Crippen LogP contribution >= 0.6 is 0 Å². The number of nitrogens with zero attached hydrogens (tertiary/aromatic N) is 1. The summed E-state index contributed by atoms with van der Waals surface area (Å²) in [5.41, 5.74) is 0.901. The van der Waals surface area contributed by atoms with Gasteiger partial charge in [0.1, 0.15) is 11.3 Å². The lowest BCUT2D eigenvalue weighted by Crippen LogP contribution is -2.56. The van der Waals surface area contributed by atoms with Gasteiger partial charge in [0.2, 0.25) is 11.8 Å². The molecule has 2 fully saturated rings. The largest absolute Gasteiger partial charge is 0.483 e. The van der Waals surface area contributed by atoms with Crippen molar-refractivity contribution in [2.45, 2.75) is 70.8 Å². The average molecular weight is 542 g/mol. The summed E-state index contributed by atoms with van der Waals surface area (Å²) in [6.07, 6.45) is 7.09. The number of likely N-dealkylation sites (tertiary alicyclic amines) is 1. The number of benzene rings is 1. The van der Waals surface area contributed by atoms with Crippen molar-refractivity contribution in [2.75, 3.05) is 32.8 Å². The van der Waals surface area contributed by atoms with Gasteiger partial charge in [0, 0.05) is 36.0 Å². The van der Waals surface area contributed by atoms with Crippen molar-refractivity contribution in [3.8, 4) is 5.75 Å². The van der Waals surface area contributed by atoms with Gasteiger partial charge in [-0.3, -0.25) is 14.4 Å². The van der Waals surface area contributed by atoms with E-state index < -0.39 is 23.0 Å². The molecule has 1 saturated heterocycles. The van der Waals surface area contributed by atoms with E-state index in [1.165, 1.54) is 6.07 Å². The molecule has 4 rings (SSSR count). The number of rotatable bonds is 10. The van der Waals surface area contributed by atoms with Crippen LogP contribution in [0, 0.1) is 12.8 Å². The van der Waals surface area contributed by atoms with Gasteiger partial charge in [-0.25, -0.2) is 4.79 Å². The summed E-state index contributed by atoms with van der Waals surface area (Å²) in [5, 5.41) is 16.7. The summed E-state index contributed by atoms with van der Waals surface area (Å²) in [6.45, 7) is 4.08. The van der Waals surface area contributed by atoms with Crippen LogP contribution in [0.4, 0.5) is 0 Å². The van der Waals surface area contributed by atoms with Crippen molar-refractivity contribution in [3.05, 3.63) is 39.7 Å². The smallest absolute Gasteiger partial charge is 0.336 e. The summed E-state index contributed by atoms with van der Waals surface area (Å²) in [5.74, 6) is -0.672. The lowest BCUT2D eigenvalue weighted by atomic mass is 9.71. The number of carbonyl (C=O) groups is 3. The fraction of sp³-hybridized carbons (Fsp3) is 0.586. The molecular weight excluding hydrogens is 502 g/mol. The number of amides is 3. The molecule has 3 amide bonds. The molecule has 0 radical (unpaired) electrons. The molecule has 1 aromatic heterocycles. The maximum atomic E-state index is 12.6. The van der Waals surface area contributed by atoms with E-state index in [0.29, 0.717) is 36.4 Å². The Morgan fingerprint density at radius 1 is 1.15 bits per heavy atom. The van der Waals surface area contributed by atoms with Crippen LogP contribution in [-0.2, 0) is 20.8 Å². The van der Waals surface area contributed by atoms with E-state index in [0.717, 1.165) is 55.9 Å². The number of nitrogens with one attached hydrogen (secondary N) is 2. The summed E-state index contributed by atoms with van der Waals surface area (Å²) in [6, 6.07) is 5.09.